The number of nitrogens with two attached hydrogens (primary N) is 1. The van der Waals surface area contributed by atoms with Gasteiger partial charge >= 0.3 is 0 Å². The molecule has 2 nitrogen and oxygen atoms in total. The topological polar surface area (TPSA) is 29.3 Å². The van der Waals surface area contributed by atoms with E-state index in [1.54, 1.807) is 12.1 Å². The summed E-state index contributed by atoms with van der Waals surface area (Å²) >= 11 is 0. The highest BCUT2D eigenvalue weighted by Gasteiger charge is 2.23. The number of nitrogens with zero attached hydrogens (tertiary/aromatic N) is 1. The molecule has 0 spiro atoms. The molecule has 1 fully saturated rings. The van der Waals surface area contributed by atoms with E-state index in [4.69, 9.17) is 5.73 Å². The molecule has 1 saturated carbocycles. The molecule has 0 amide bonds. The summed E-state index contributed by atoms with van der Waals surface area (Å²) in [6.07, 6.45) is 4.39. The minimum atomic E-state index is -0.159. The Labute approximate surface area is 103 Å². The second kappa shape index (κ2) is 5.50. The lowest BCUT2D eigenvalue weighted by atomic mass is 9.90. The summed E-state index contributed by atoms with van der Waals surface area (Å²) < 4.78 is 13.2. The van der Waals surface area contributed by atoms with Crippen molar-refractivity contribution in [2.45, 2.75) is 44.7 Å². The molecule has 3 heteroatoms. The first-order chi connectivity index (χ1) is 8.20. The largest absolute Gasteiger partial charge is 0.369 e. The van der Waals surface area contributed by atoms with E-state index < -0.39 is 0 Å². The van der Waals surface area contributed by atoms with Crippen molar-refractivity contribution in [2.24, 2.45) is 5.73 Å². The van der Waals surface area contributed by atoms with Gasteiger partial charge in [-0.15, -0.1) is 0 Å². The Bertz CT molecular complexity index is 359. The molecule has 0 aromatic heterocycles. The zero-order valence-corrected chi connectivity index (χ0v) is 10.4. The van der Waals surface area contributed by atoms with Gasteiger partial charge in [0.2, 0.25) is 0 Å². The zero-order valence-electron chi connectivity index (χ0n) is 10.4. The van der Waals surface area contributed by atoms with Crippen molar-refractivity contribution in [3.05, 3.63) is 30.1 Å². The molecular weight excluding hydrogens is 215 g/mol. The maximum Gasteiger partial charge on any atom is 0.125 e. The predicted molar refractivity (Wildman–Crippen MR) is 69.7 cm³/mol. The van der Waals surface area contributed by atoms with Crippen LogP contribution in [0.1, 0.15) is 32.6 Å². The van der Waals surface area contributed by atoms with Crippen LogP contribution in [0.4, 0.5) is 10.1 Å². The molecule has 0 radical (unpaired) electrons. The van der Waals surface area contributed by atoms with Crippen LogP contribution in [0.3, 0.4) is 0 Å². The van der Waals surface area contributed by atoms with E-state index in [1.807, 2.05) is 6.07 Å². The van der Waals surface area contributed by atoms with Gasteiger partial charge in [0.25, 0.3) is 0 Å². The monoisotopic (exact) mass is 236 g/mol. The molecule has 1 aromatic rings. The molecule has 1 aromatic carbocycles. The maximum absolute atomic E-state index is 13.2. The molecule has 0 heterocycles. The Balaban J connectivity index is 2.10. The van der Waals surface area contributed by atoms with E-state index in [9.17, 15) is 4.39 Å². The third kappa shape index (κ3) is 2.97. The van der Waals surface area contributed by atoms with Gasteiger partial charge in [0.1, 0.15) is 5.82 Å². The van der Waals surface area contributed by atoms with Gasteiger partial charge < -0.3 is 10.6 Å². The van der Waals surface area contributed by atoms with E-state index in [0.29, 0.717) is 12.1 Å². The summed E-state index contributed by atoms with van der Waals surface area (Å²) in [5, 5.41) is 0. The molecule has 0 unspecified atom stereocenters. The van der Waals surface area contributed by atoms with Gasteiger partial charge in [-0.3, -0.25) is 0 Å². The first kappa shape index (κ1) is 12.4. The number of hydrogen-bond donors (Lipinski definition) is 1. The summed E-state index contributed by atoms with van der Waals surface area (Å²) in [4.78, 5) is 2.30. The number of anilines is 1. The molecule has 0 bridgehead atoms. The predicted octanol–water partition coefficient (Wildman–Crippen LogP) is 2.92. The average molecular weight is 236 g/mol. The Morgan fingerprint density at radius 1 is 1.29 bits per heavy atom. The van der Waals surface area contributed by atoms with Gasteiger partial charge in [-0.2, -0.15) is 0 Å². The number of halogens is 1. The molecule has 2 rings (SSSR count). The molecule has 2 N–H and O–H groups in total. The van der Waals surface area contributed by atoms with Crippen molar-refractivity contribution >= 4 is 5.69 Å². The lowest BCUT2D eigenvalue weighted by molar-refractivity contribution is 0.378. The standard InChI is InChI=1S/C14H21FN2/c1-2-17(13-8-6-12(16)7-9-13)14-5-3-4-11(15)10-14/h3-5,10,12-13H,2,6-9,16H2,1H3. The lowest BCUT2D eigenvalue weighted by Gasteiger charge is -2.37. The van der Waals surface area contributed by atoms with E-state index in [0.717, 1.165) is 37.9 Å². The van der Waals surface area contributed by atoms with Crippen LogP contribution in [0.25, 0.3) is 0 Å². The number of hydrogen-bond acceptors (Lipinski definition) is 2. The van der Waals surface area contributed by atoms with Gasteiger partial charge in [-0.1, -0.05) is 6.07 Å². The first-order valence-corrected chi connectivity index (χ1v) is 6.48. The highest BCUT2D eigenvalue weighted by atomic mass is 19.1. The second-order valence-corrected chi connectivity index (χ2v) is 4.83. The third-order valence-electron chi connectivity index (χ3n) is 3.66. The Morgan fingerprint density at radius 2 is 2.00 bits per heavy atom. The quantitative estimate of drug-likeness (QED) is 0.874. The third-order valence-corrected chi connectivity index (χ3v) is 3.66. The highest BCUT2D eigenvalue weighted by molar-refractivity contribution is 5.47. The molecule has 0 atom stereocenters. The van der Waals surface area contributed by atoms with E-state index in [1.165, 1.54) is 6.07 Å². The van der Waals surface area contributed by atoms with Crippen LogP contribution < -0.4 is 10.6 Å². The van der Waals surface area contributed by atoms with Crippen LogP contribution in [-0.2, 0) is 0 Å². The van der Waals surface area contributed by atoms with Gasteiger partial charge in [0, 0.05) is 24.3 Å². The van der Waals surface area contributed by atoms with Gasteiger partial charge in [-0.05, 0) is 50.8 Å². The molecular formula is C14H21FN2. The summed E-state index contributed by atoms with van der Waals surface area (Å²) in [7, 11) is 0. The van der Waals surface area contributed by atoms with E-state index in [-0.39, 0.29) is 5.82 Å². The van der Waals surface area contributed by atoms with Gasteiger partial charge in [-0.25, -0.2) is 4.39 Å². The summed E-state index contributed by atoms with van der Waals surface area (Å²) in [5.74, 6) is -0.159. The second-order valence-electron chi connectivity index (χ2n) is 4.83. The van der Waals surface area contributed by atoms with Crippen molar-refractivity contribution in [1.29, 1.82) is 0 Å². The minimum Gasteiger partial charge on any atom is -0.369 e. The highest BCUT2D eigenvalue weighted by Crippen LogP contribution is 2.27. The van der Waals surface area contributed by atoms with Gasteiger partial charge in [0.15, 0.2) is 0 Å². The SMILES string of the molecule is CCN(c1cccc(F)c1)C1CCC(N)CC1. The van der Waals surface area contributed by atoms with E-state index >= 15 is 0 Å². The van der Waals surface area contributed by atoms with Crippen LogP contribution >= 0.6 is 0 Å². The molecule has 94 valence electrons. The lowest BCUT2D eigenvalue weighted by Crippen LogP contribution is -2.40. The molecule has 1 aliphatic rings. The van der Waals surface area contributed by atoms with E-state index in [2.05, 4.69) is 11.8 Å². The fraction of sp³-hybridized carbons (Fsp3) is 0.571. The molecule has 17 heavy (non-hydrogen) atoms. The molecule has 1 aliphatic carbocycles. The summed E-state index contributed by atoms with van der Waals surface area (Å²) in [5.41, 5.74) is 6.92. The molecule has 0 aliphatic heterocycles. The van der Waals surface area contributed by atoms with Gasteiger partial charge in [0.05, 0.1) is 0 Å². The van der Waals surface area contributed by atoms with Crippen LogP contribution in [0, 0.1) is 5.82 Å². The number of rotatable bonds is 3. The summed E-state index contributed by atoms with van der Waals surface area (Å²) in [6.45, 7) is 3.04. The zero-order chi connectivity index (χ0) is 12.3. The first-order valence-electron chi connectivity index (χ1n) is 6.48. The van der Waals surface area contributed by atoms with Crippen molar-refractivity contribution < 1.29 is 4.39 Å². The Kier molecular flexibility index (Phi) is 4.00. The van der Waals surface area contributed by atoms with Crippen LogP contribution in [0.2, 0.25) is 0 Å². The Hall–Kier alpha value is -1.09. The molecule has 0 saturated heterocycles. The average Bonchev–Trinajstić information content (AvgIpc) is 2.33. The van der Waals surface area contributed by atoms with Crippen LogP contribution in [0.15, 0.2) is 24.3 Å². The van der Waals surface area contributed by atoms with Crippen molar-refractivity contribution in [1.82, 2.24) is 0 Å². The fourth-order valence-electron chi connectivity index (χ4n) is 2.72. The Morgan fingerprint density at radius 3 is 2.59 bits per heavy atom. The van der Waals surface area contributed by atoms with Crippen LogP contribution in [-0.4, -0.2) is 18.6 Å². The normalized spacial score (nSPS) is 24.6. The summed E-state index contributed by atoms with van der Waals surface area (Å²) in [6, 6.07) is 7.76. The van der Waals surface area contributed by atoms with Crippen LogP contribution in [0.5, 0.6) is 0 Å². The smallest absolute Gasteiger partial charge is 0.125 e. The maximum atomic E-state index is 13.2. The minimum absolute atomic E-state index is 0.159. The van der Waals surface area contributed by atoms with Crippen molar-refractivity contribution in [2.75, 3.05) is 11.4 Å². The van der Waals surface area contributed by atoms with Crippen molar-refractivity contribution in [3.8, 4) is 0 Å². The fourth-order valence-corrected chi connectivity index (χ4v) is 2.72. The van der Waals surface area contributed by atoms with Crippen molar-refractivity contribution in [3.63, 3.8) is 0 Å². The number of benzene rings is 1.